The van der Waals surface area contributed by atoms with Crippen LogP contribution in [0, 0.1) is 0 Å². The van der Waals surface area contributed by atoms with E-state index >= 15 is 0 Å². The summed E-state index contributed by atoms with van der Waals surface area (Å²) in [5.41, 5.74) is 6.21. The van der Waals surface area contributed by atoms with Gasteiger partial charge < -0.3 is 20.9 Å². The number of nitrogens with one attached hydrogen (secondary N) is 1. The average molecular weight is 339 g/mol. The van der Waals surface area contributed by atoms with Gasteiger partial charge in [0, 0.05) is 36.9 Å². The molecule has 1 fully saturated rings. The van der Waals surface area contributed by atoms with Crippen molar-refractivity contribution < 1.29 is 9.59 Å². The number of urea groups is 1. The number of rotatable bonds is 4. The predicted molar refractivity (Wildman–Crippen MR) is 91.6 cm³/mol. The second-order valence-electron chi connectivity index (χ2n) is 5.87. The normalized spacial score (nSPS) is 16.7. The quantitative estimate of drug-likeness (QED) is 0.879. The molecule has 1 heterocycles. The number of anilines is 1. The molecule has 6 nitrogen and oxygen atoms in total. The summed E-state index contributed by atoms with van der Waals surface area (Å²) in [6.45, 7) is 3.40. The molecule has 1 atom stereocenters. The minimum Gasteiger partial charge on any atom is -0.371 e. The van der Waals surface area contributed by atoms with E-state index in [4.69, 9.17) is 17.3 Å². The number of piperidine rings is 1. The number of nitrogens with zero attached hydrogens (tertiary/aromatic N) is 2. The molecule has 3 amide bonds. The number of amides is 3. The highest BCUT2D eigenvalue weighted by atomic mass is 35.5. The van der Waals surface area contributed by atoms with E-state index in [1.54, 1.807) is 18.9 Å². The molecule has 0 radical (unpaired) electrons. The smallest absolute Gasteiger partial charge is 0.312 e. The van der Waals surface area contributed by atoms with Crippen LogP contribution in [0.5, 0.6) is 0 Å². The maximum absolute atomic E-state index is 12.3. The standard InChI is InChI=1S/C16H23ClN4O2/c1-11(19-16(18)23)15(22)20(2)13-7-9-21(10-8-13)14-5-3-12(17)4-6-14/h3-6,11,13H,7-10H2,1-2H3,(H3,18,19,23)/t11-/m0/s1. The highest BCUT2D eigenvalue weighted by molar-refractivity contribution is 6.30. The van der Waals surface area contributed by atoms with E-state index in [0.717, 1.165) is 36.6 Å². The Bertz CT molecular complexity index is 556. The molecular weight excluding hydrogens is 316 g/mol. The fraction of sp³-hybridized carbons (Fsp3) is 0.500. The molecule has 2 rings (SSSR count). The Morgan fingerprint density at radius 2 is 1.87 bits per heavy atom. The van der Waals surface area contributed by atoms with E-state index in [2.05, 4.69) is 10.2 Å². The van der Waals surface area contributed by atoms with Crippen LogP contribution in [0.25, 0.3) is 0 Å². The van der Waals surface area contributed by atoms with Gasteiger partial charge in [0.05, 0.1) is 0 Å². The van der Waals surface area contributed by atoms with E-state index in [9.17, 15) is 9.59 Å². The van der Waals surface area contributed by atoms with Crippen LogP contribution in [0.1, 0.15) is 19.8 Å². The highest BCUT2D eigenvalue weighted by Crippen LogP contribution is 2.23. The molecule has 7 heteroatoms. The van der Waals surface area contributed by atoms with Crippen molar-refractivity contribution in [1.82, 2.24) is 10.2 Å². The topological polar surface area (TPSA) is 78.7 Å². The zero-order chi connectivity index (χ0) is 17.0. The third-order valence-corrected chi connectivity index (χ3v) is 4.53. The van der Waals surface area contributed by atoms with Gasteiger partial charge in [0.15, 0.2) is 0 Å². The third kappa shape index (κ3) is 4.51. The Hall–Kier alpha value is -1.95. The van der Waals surface area contributed by atoms with Crippen molar-refractivity contribution in [3.8, 4) is 0 Å². The first kappa shape index (κ1) is 17.4. The van der Waals surface area contributed by atoms with Crippen LogP contribution in [0.3, 0.4) is 0 Å². The van der Waals surface area contributed by atoms with Gasteiger partial charge in [0.2, 0.25) is 5.91 Å². The van der Waals surface area contributed by atoms with Gasteiger partial charge in [-0.1, -0.05) is 11.6 Å². The van der Waals surface area contributed by atoms with Gasteiger partial charge in [-0.05, 0) is 44.0 Å². The van der Waals surface area contributed by atoms with Crippen LogP contribution >= 0.6 is 11.6 Å². The van der Waals surface area contributed by atoms with E-state index in [0.29, 0.717) is 0 Å². The molecule has 0 spiro atoms. The zero-order valence-electron chi connectivity index (χ0n) is 13.5. The summed E-state index contributed by atoms with van der Waals surface area (Å²) >= 11 is 5.91. The summed E-state index contributed by atoms with van der Waals surface area (Å²) in [7, 11) is 1.78. The lowest BCUT2D eigenvalue weighted by molar-refractivity contribution is -0.133. The van der Waals surface area contributed by atoms with Gasteiger partial charge >= 0.3 is 6.03 Å². The Morgan fingerprint density at radius 1 is 1.30 bits per heavy atom. The van der Waals surface area contributed by atoms with Crippen molar-refractivity contribution in [2.45, 2.75) is 31.8 Å². The number of halogens is 1. The van der Waals surface area contributed by atoms with Gasteiger partial charge in [0.1, 0.15) is 6.04 Å². The second-order valence-corrected chi connectivity index (χ2v) is 6.31. The zero-order valence-corrected chi connectivity index (χ0v) is 14.2. The summed E-state index contributed by atoms with van der Waals surface area (Å²) in [4.78, 5) is 27.2. The summed E-state index contributed by atoms with van der Waals surface area (Å²) < 4.78 is 0. The van der Waals surface area contributed by atoms with Gasteiger partial charge in [0.25, 0.3) is 0 Å². The molecule has 0 aliphatic carbocycles. The van der Waals surface area contributed by atoms with Crippen molar-refractivity contribution in [2.75, 3.05) is 25.0 Å². The minimum absolute atomic E-state index is 0.117. The van der Waals surface area contributed by atoms with E-state index in [-0.39, 0.29) is 11.9 Å². The Morgan fingerprint density at radius 3 is 2.39 bits per heavy atom. The van der Waals surface area contributed by atoms with Crippen molar-refractivity contribution in [1.29, 1.82) is 0 Å². The van der Waals surface area contributed by atoms with Gasteiger partial charge in [-0.2, -0.15) is 0 Å². The molecule has 0 unspecified atom stereocenters. The summed E-state index contributed by atoms with van der Waals surface area (Å²) in [6.07, 6.45) is 1.77. The number of benzene rings is 1. The highest BCUT2D eigenvalue weighted by Gasteiger charge is 2.28. The second kappa shape index (κ2) is 7.55. The first-order chi connectivity index (χ1) is 10.9. The number of hydrogen-bond donors (Lipinski definition) is 2. The van der Waals surface area contributed by atoms with Crippen LogP contribution in [-0.4, -0.2) is 49.1 Å². The Labute approximate surface area is 141 Å². The van der Waals surface area contributed by atoms with E-state index < -0.39 is 12.1 Å². The molecule has 0 aromatic heterocycles. The Balaban J connectivity index is 1.89. The summed E-state index contributed by atoms with van der Waals surface area (Å²) in [5, 5.41) is 3.15. The van der Waals surface area contributed by atoms with Gasteiger partial charge in [-0.3, -0.25) is 4.79 Å². The molecule has 0 bridgehead atoms. The van der Waals surface area contributed by atoms with Crippen LogP contribution < -0.4 is 16.0 Å². The van der Waals surface area contributed by atoms with Crippen molar-refractivity contribution in [3.63, 3.8) is 0 Å². The lowest BCUT2D eigenvalue weighted by atomic mass is 10.0. The van der Waals surface area contributed by atoms with Crippen LogP contribution in [0.15, 0.2) is 24.3 Å². The van der Waals surface area contributed by atoms with Crippen LogP contribution in [0.2, 0.25) is 5.02 Å². The summed E-state index contributed by atoms with van der Waals surface area (Å²) in [5.74, 6) is -0.117. The maximum atomic E-state index is 12.3. The molecule has 3 N–H and O–H groups in total. The minimum atomic E-state index is -0.684. The largest absolute Gasteiger partial charge is 0.371 e. The first-order valence-electron chi connectivity index (χ1n) is 7.71. The lowest BCUT2D eigenvalue weighted by Gasteiger charge is -2.38. The number of primary amides is 1. The molecule has 1 aliphatic rings. The van der Waals surface area contributed by atoms with Crippen LogP contribution in [-0.2, 0) is 4.79 Å². The van der Waals surface area contributed by atoms with Crippen molar-refractivity contribution in [3.05, 3.63) is 29.3 Å². The van der Waals surface area contributed by atoms with Crippen molar-refractivity contribution >= 4 is 29.2 Å². The number of nitrogens with two attached hydrogens (primary N) is 1. The number of likely N-dealkylation sites (N-methyl/N-ethyl adjacent to an activating group) is 1. The average Bonchev–Trinajstić information content (AvgIpc) is 2.53. The molecule has 0 saturated carbocycles. The third-order valence-electron chi connectivity index (χ3n) is 4.28. The maximum Gasteiger partial charge on any atom is 0.312 e. The molecule has 23 heavy (non-hydrogen) atoms. The molecule has 1 saturated heterocycles. The molecule has 126 valence electrons. The van der Waals surface area contributed by atoms with Crippen molar-refractivity contribution in [2.24, 2.45) is 5.73 Å². The van der Waals surface area contributed by atoms with Crippen LogP contribution in [0.4, 0.5) is 10.5 Å². The Kier molecular flexibility index (Phi) is 5.71. The van der Waals surface area contributed by atoms with E-state index in [1.165, 1.54) is 0 Å². The fourth-order valence-electron chi connectivity index (χ4n) is 2.92. The molecule has 1 aromatic rings. The predicted octanol–water partition coefficient (Wildman–Crippen LogP) is 1.82. The molecule has 1 aromatic carbocycles. The van der Waals surface area contributed by atoms with Gasteiger partial charge in [-0.15, -0.1) is 0 Å². The molecule has 1 aliphatic heterocycles. The SMILES string of the molecule is C[C@H](NC(N)=O)C(=O)N(C)C1CCN(c2ccc(Cl)cc2)CC1. The monoisotopic (exact) mass is 338 g/mol. The molecular formula is C16H23ClN4O2. The van der Waals surface area contributed by atoms with E-state index in [1.807, 2.05) is 24.3 Å². The number of carbonyl (C=O) groups excluding carboxylic acids is 2. The first-order valence-corrected chi connectivity index (χ1v) is 8.09. The number of carbonyl (C=O) groups is 2. The fourth-order valence-corrected chi connectivity index (χ4v) is 3.05. The number of hydrogen-bond acceptors (Lipinski definition) is 3. The lowest BCUT2D eigenvalue weighted by Crippen LogP contribution is -2.52. The summed E-state index contributed by atoms with van der Waals surface area (Å²) in [6, 6.07) is 6.67. The van der Waals surface area contributed by atoms with Gasteiger partial charge in [-0.25, -0.2) is 4.79 Å².